The molecule has 0 fully saturated rings. The molecule has 94 valence electrons. The van der Waals surface area contributed by atoms with E-state index in [-0.39, 0.29) is 19.0 Å². The van der Waals surface area contributed by atoms with Gasteiger partial charge in [-0.2, -0.15) is 0 Å². The second kappa shape index (κ2) is 7.68. The Kier molecular flexibility index (Phi) is 6.10. The van der Waals surface area contributed by atoms with Gasteiger partial charge in [-0.1, -0.05) is 12.1 Å². The molecule has 0 aromatic heterocycles. The van der Waals surface area contributed by atoms with Crippen LogP contribution in [0.4, 0.5) is 5.69 Å². The second-order valence-corrected chi connectivity index (χ2v) is 3.92. The standard InChI is InChI=1S/C13H19NO3/c14-12-6-4-11(5-7-12)10-13(16)17-9-3-1-2-8-15/h4-7,15H,1-3,8-10,14H2. The number of benzene rings is 1. The highest BCUT2D eigenvalue weighted by Gasteiger charge is 2.04. The van der Waals surface area contributed by atoms with Crippen LogP contribution in [0.2, 0.25) is 0 Å². The average molecular weight is 237 g/mol. The van der Waals surface area contributed by atoms with Crippen molar-refractivity contribution < 1.29 is 14.6 Å². The van der Waals surface area contributed by atoms with Crippen molar-refractivity contribution in [2.24, 2.45) is 0 Å². The molecular weight excluding hydrogens is 218 g/mol. The van der Waals surface area contributed by atoms with Crippen LogP contribution in [0.25, 0.3) is 0 Å². The number of nitrogens with two attached hydrogens (primary N) is 1. The van der Waals surface area contributed by atoms with Gasteiger partial charge >= 0.3 is 5.97 Å². The van der Waals surface area contributed by atoms with Crippen molar-refractivity contribution in [1.29, 1.82) is 0 Å². The quantitative estimate of drug-likeness (QED) is 0.428. The molecule has 0 bridgehead atoms. The number of ether oxygens (including phenoxy) is 1. The van der Waals surface area contributed by atoms with Crippen LogP contribution in [-0.4, -0.2) is 24.3 Å². The average Bonchev–Trinajstić information content (AvgIpc) is 2.32. The van der Waals surface area contributed by atoms with E-state index < -0.39 is 0 Å². The summed E-state index contributed by atoms with van der Waals surface area (Å²) in [7, 11) is 0. The van der Waals surface area contributed by atoms with Crippen molar-refractivity contribution in [3.63, 3.8) is 0 Å². The van der Waals surface area contributed by atoms with Gasteiger partial charge in [-0.3, -0.25) is 4.79 Å². The van der Waals surface area contributed by atoms with Gasteiger partial charge in [0.2, 0.25) is 0 Å². The summed E-state index contributed by atoms with van der Waals surface area (Å²) in [6.07, 6.45) is 2.72. The van der Waals surface area contributed by atoms with E-state index in [1.807, 2.05) is 12.1 Å². The van der Waals surface area contributed by atoms with Gasteiger partial charge in [0, 0.05) is 12.3 Å². The highest BCUT2D eigenvalue weighted by Crippen LogP contribution is 2.07. The molecule has 0 atom stereocenters. The van der Waals surface area contributed by atoms with E-state index in [0.29, 0.717) is 12.3 Å². The molecular formula is C13H19NO3. The van der Waals surface area contributed by atoms with Crippen molar-refractivity contribution in [2.45, 2.75) is 25.7 Å². The van der Waals surface area contributed by atoms with Crippen molar-refractivity contribution in [3.8, 4) is 0 Å². The summed E-state index contributed by atoms with van der Waals surface area (Å²) in [5, 5.41) is 8.57. The molecule has 0 spiro atoms. The lowest BCUT2D eigenvalue weighted by molar-refractivity contribution is -0.142. The molecule has 4 nitrogen and oxygen atoms in total. The zero-order valence-electron chi connectivity index (χ0n) is 9.89. The maximum absolute atomic E-state index is 11.4. The van der Waals surface area contributed by atoms with Crippen LogP contribution < -0.4 is 5.73 Å². The lowest BCUT2D eigenvalue weighted by Gasteiger charge is -2.04. The van der Waals surface area contributed by atoms with Gasteiger partial charge in [0.25, 0.3) is 0 Å². The molecule has 0 heterocycles. The summed E-state index contributed by atoms with van der Waals surface area (Å²) in [4.78, 5) is 11.4. The predicted molar refractivity (Wildman–Crippen MR) is 66.5 cm³/mol. The fraction of sp³-hybridized carbons (Fsp3) is 0.462. The first-order valence-electron chi connectivity index (χ1n) is 5.83. The zero-order chi connectivity index (χ0) is 12.5. The Morgan fingerprint density at radius 2 is 1.88 bits per heavy atom. The maximum atomic E-state index is 11.4. The normalized spacial score (nSPS) is 10.2. The molecule has 3 N–H and O–H groups in total. The molecule has 0 unspecified atom stereocenters. The van der Waals surface area contributed by atoms with Crippen LogP contribution in [0, 0.1) is 0 Å². The number of anilines is 1. The Hall–Kier alpha value is -1.55. The van der Waals surface area contributed by atoms with Crippen molar-refractivity contribution in [3.05, 3.63) is 29.8 Å². The molecule has 17 heavy (non-hydrogen) atoms. The maximum Gasteiger partial charge on any atom is 0.310 e. The van der Waals surface area contributed by atoms with Gasteiger partial charge < -0.3 is 15.6 Å². The van der Waals surface area contributed by atoms with Crippen molar-refractivity contribution in [1.82, 2.24) is 0 Å². The molecule has 1 rings (SSSR count). The van der Waals surface area contributed by atoms with Crippen LogP contribution in [0.15, 0.2) is 24.3 Å². The number of unbranched alkanes of at least 4 members (excludes halogenated alkanes) is 2. The van der Waals surface area contributed by atoms with Gasteiger partial charge in [0.1, 0.15) is 0 Å². The third kappa shape index (κ3) is 5.92. The number of nitrogen functional groups attached to an aromatic ring is 1. The summed E-state index contributed by atoms with van der Waals surface area (Å²) in [6, 6.07) is 7.18. The smallest absolute Gasteiger partial charge is 0.310 e. The van der Waals surface area contributed by atoms with Gasteiger partial charge in [-0.25, -0.2) is 0 Å². The van der Waals surface area contributed by atoms with Crippen molar-refractivity contribution >= 4 is 11.7 Å². The van der Waals surface area contributed by atoms with Gasteiger partial charge in [-0.05, 0) is 37.0 Å². The van der Waals surface area contributed by atoms with Gasteiger partial charge in [-0.15, -0.1) is 0 Å². The van der Waals surface area contributed by atoms with Crippen LogP contribution in [0.3, 0.4) is 0 Å². The summed E-state index contributed by atoms with van der Waals surface area (Å²) < 4.78 is 5.07. The number of carbonyl (C=O) groups is 1. The monoisotopic (exact) mass is 237 g/mol. The molecule has 0 amide bonds. The minimum absolute atomic E-state index is 0.194. The number of carbonyl (C=O) groups excluding carboxylic acids is 1. The van der Waals surface area contributed by atoms with Gasteiger partial charge in [0.15, 0.2) is 0 Å². The Labute approximate surface area is 101 Å². The zero-order valence-corrected chi connectivity index (χ0v) is 9.89. The molecule has 1 aromatic carbocycles. The largest absolute Gasteiger partial charge is 0.465 e. The predicted octanol–water partition coefficient (Wildman–Crippen LogP) is 1.52. The van der Waals surface area contributed by atoms with E-state index in [1.165, 1.54) is 0 Å². The third-order valence-corrected chi connectivity index (χ3v) is 2.39. The van der Waals surface area contributed by atoms with E-state index in [0.717, 1.165) is 24.8 Å². The number of aliphatic hydroxyl groups excluding tert-OH is 1. The lowest BCUT2D eigenvalue weighted by Crippen LogP contribution is -2.09. The minimum Gasteiger partial charge on any atom is -0.465 e. The van der Waals surface area contributed by atoms with Gasteiger partial charge in [0.05, 0.1) is 13.0 Å². The Morgan fingerprint density at radius 1 is 1.18 bits per heavy atom. The topological polar surface area (TPSA) is 72.6 Å². The fourth-order valence-electron chi connectivity index (χ4n) is 1.43. The molecule has 0 saturated heterocycles. The Balaban J connectivity index is 2.18. The molecule has 4 heteroatoms. The third-order valence-electron chi connectivity index (χ3n) is 2.39. The first kappa shape index (κ1) is 13.5. The minimum atomic E-state index is -0.223. The summed E-state index contributed by atoms with van der Waals surface area (Å²) >= 11 is 0. The van der Waals surface area contributed by atoms with E-state index in [9.17, 15) is 4.79 Å². The highest BCUT2D eigenvalue weighted by atomic mass is 16.5. The Bertz CT molecular complexity index is 335. The lowest BCUT2D eigenvalue weighted by atomic mass is 10.1. The summed E-state index contributed by atoms with van der Waals surface area (Å²) in [6.45, 7) is 0.618. The van der Waals surface area contributed by atoms with E-state index in [2.05, 4.69) is 0 Å². The number of rotatable bonds is 7. The van der Waals surface area contributed by atoms with Crippen LogP contribution in [-0.2, 0) is 16.0 Å². The Morgan fingerprint density at radius 3 is 2.53 bits per heavy atom. The van der Waals surface area contributed by atoms with E-state index in [1.54, 1.807) is 12.1 Å². The van der Waals surface area contributed by atoms with Crippen molar-refractivity contribution in [2.75, 3.05) is 18.9 Å². The fourth-order valence-corrected chi connectivity index (χ4v) is 1.43. The van der Waals surface area contributed by atoms with Crippen LogP contribution >= 0.6 is 0 Å². The molecule has 0 radical (unpaired) electrons. The van der Waals surface area contributed by atoms with Crippen LogP contribution in [0.5, 0.6) is 0 Å². The second-order valence-electron chi connectivity index (χ2n) is 3.92. The molecule has 0 saturated carbocycles. The first-order chi connectivity index (χ1) is 8.22. The van der Waals surface area contributed by atoms with E-state index in [4.69, 9.17) is 15.6 Å². The van der Waals surface area contributed by atoms with E-state index >= 15 is 0 Å². The SMILES string of the molecule is Nc1ccc(CC(=O)OCCCCCO)cc1. The first-order valence-corrected chi connectivity index (χ1v) is 5.83. The summed E-state index contributed by atoms with van der Waals surface area (Å²) in [5.74, 6) is -0.223. The molecule has 0 aliphatic carbocycles. The molecule has 1 aromatic rings. The number of aliphatic hydroxyl groups is 1. The summed E-state index contributed by atoms with van der Waals surface area (Å²) in [5.41, 5.74) is 7.14. The number of hydrogen-bond acceptors (Lipinski definition) is 4. The molecule has 0 aliphatic rings. The highest BCUT2D eigenvalue weighted by molar-refractivity contribution is 5.72. The molecule has 0 aliphatic heterocycles. The van der Waals surface area contributed by atoms with Crippen LogP contribution in [0.1, 0.15) is 24.8 Å². The number of hydrogen-bond donors (Lipinski definition) is 2. The number of esters is 1.